The van der Waals surface area contributed by atoms with Crippen molar-refractivity contribution in [3.63, 3.8) is 0 Å². The van der Waals surface area contributed by atoms with Crippen molar-refractivity contribution in [1.82, 2.24) is 5.32 Å². The molecule has 0 heterocycles. The second-order valence-corrected chi connectivity index (χ2v) is 6.49. The van der Waals surface area contributed by atoms with E-state index < -0.39 is 5.54 Å². The van der Waals surface area contributed by atoms with E-state index in [0.717, 1.165) is 30.6 Å². The summed E-state index contributed by atoms with van der Waals surface area (Å²) < 4.78 is 17.9. The second kappa shape index (κ2) is 6.59. The highest BCUT2D eigenvalue weighted by atomic mass is 32.2. The minimum atomic E-state index is -0.579. The molecule has 1 aliphatic rings. The number of nitrogens with one attached hydrogen (secondary N) is 1. The molecular weight excluding hydrogens is 277 g/mol. The topological polar surface area (TPSA) is 38.3 Å². The molecule has 110 valence electrons. The molecule has 1 aromatic rings. The molecule has 0 aromatic heterocycles. The first-order valence-corrected chi connectivity index (χ1v) is 7.67. The Morgan fingerprint density at radius 3 is 2.75 bits per heavy atom. The van der Waals surface area contributed by atoms with Crippen molar-refractivity contribution in [2.24, 2.45) is 0 Å². The number of benzene rings is 1. The minimum absolute atomic E-state index is 0.190. The van der Waals surface area contributed by atoms with Gasteiger partial charge in [0, 0.05) is 10.1 Å². The fourth-order valence-corrected chi connectivity index (χ4v) is 4.07. The molecule has 0 saturated heterocycles. The van der Waals surface area contributed by atoms with Gasteiger partial charge in [0.25, 0.3) is 0 Å². The molecule has 1 aliphatic carbocycles. The van der Waals surface area contributed by atoms with Gasteiger partial charge in [-0.3, -0.25) is 4.79 Å². The molecule has 3 nitrogen and oxygen atoms in total. The Kier molecular flexibility index (Phi) is 5.05. The van der Waals surface area contributed by atoms with Crippen LogP contribution >= 0.6 is 11.8 Å². The normalized spacial score (nSPS) is 26.2. The third-order valence-electron chi connectivity index (χ3n) is 3.88. The Bertz CT molecular complexity index is 465. The SMILES string of the molecule is CNC1(C(=O)OC)CCCC(Sc2ccc(F)cc2)C1. The highest BCUT2D eigenvalue weighted by Crippen LogP contribution is 2.38. The van der Waals surface area contributed by atoms with Crippen LogP contribution in [0.5, 0.6) is 0 Å². The van der Waals surface area contributed by atoms with Crippen molar-refractivity contribution in [3.05, 3.63) is 30.1 Å². The molecule has 2 atom stereocenters. The number of carbonyl (C=O) groups is 1. The summed E-state index contributed by atoms with van der Waals surface area (Å²) in [5, 5.41) is 3.48. The summed E-state index contributed by atoms with van der Waals surface area (Å²) in [6.07, 6.45) is 3.58. The maximum Gasteiger partial charge on any atom is 0.326 e. The molecule has 1 N–H and O–H groups in total. The molecule has 1 fully saturated rings. The van der Waals surface area contributed by atoms with Gasteiger partial charge in [0.1, 0.15) is 11.4 Å². The van der Waals surface area contributed by atoms with Crippen molar-refractivity contribution in [1.29, 1.82) is 0 Å². The fraction of sp³-hybridized carbons (Fsp3) is 0.533. The highest BCUT2D eigenvalue weighted by molar-refractivity contribution is 8.00. The van der Waals surface area contributed by atoms with Gasteiger partial charge in [0.2, 0.25) is 0 Å². The summed E-state index contributed by atoms with van der Waals surface area (Å²) in [5.41, 5.74) is -0.579. The number of rotatable bonds is 4. The molecule has 1 aromatic carbocycles. The Labute approximate surface area is 123 Å². The zero-order valence-corrected chi connectivity index (χ0v) is 12.6. The van der Waals surface area contributed by atoms with Crippen LogP contribution in [0.2, 0.25) is 0 Å². The molecule has 20 heavy (non-hydrogen) atoms. The van der Waals surface area contributed by atoms with Crippen LogP contribution in [0.3, 0.4) is 0 Å². The van der Waals surface area contributed by atoms with E-state index in [9.17, 15) is 9.18 Å². The number of hydrogen-bond donors (Lipinski definition) is 1. The van der Waals surface area contributed by atoms with E-state index in [1.165, 1.54) is 19.2 Å². The van der Waals surface area contributed by atoms with Gasteiger partial charge in [-0.05, 0) is 57.0 Å². The van der Waals surface area contributed by atoms with Gasteiger partial charge < -0.3 is 10.1 Å². The summed E-state index contributed by atoms with van der Waals surface area (Å²) in [6, 6.07) is 6.51. The van der Waals surface area contributed by atoms with Crippen molar-refractivity contribution in [3.8, 4) is 0 Å². The van der Waals surface area contributed by atoms with Crippen molar-refractivity contribution in [2.45, 2.75) is 41.4 Å². The second-order valence-electron chi connectivity index (χ2n) is 5.11. The summed E-state index contributed by atoms with van der Waals surface area (Å²) in [4.78, 5) is 13.1. The molecule has 2 unspecified atom stereocenters. The summed E-state index contributed by atoms with van der Waals surface area (Å²) in [7, 11) is 3.24. The lowest BCUT2D eigenvalue weighted by Gasteiger charge is -2.38. The zero-order valence-electron chi connectivity index (χ0n) is 11.8. The molecule has 5 heteroatoms. The quantitative estimate of drug-likeness (QED) is 0.867. The molecule has 0 amide bonds. The monoisotopic (exact) mass is 297 g/mol. The average Bonchev–Trinajstić information content (AvgIpc) is 2.49. The van der Waals surface area contributed by atoms with Gasteiger partial charge in [-0.2, -0.15) is 0 Å². The Balaban J connectivity index is 2.06. The van der Waals surface area contributed by atoms with Gasteiger partial charge in [-0.25, -0.2) is 4.39 Å². The lowest BCUT2D eigenvalue weighted by molar-refractivity contribution is -0.149. The van der Waals surface area contributed by atoms with Gasteiger partial charge in [-0.15, -0.1) is 11.8 Å². The lowest BCUT2D eigenvalue weighted by Crippen LogP contribution is -2.54. The van der Waals surface area contributed by atoms with Crippen LogP contribution < -0.4 is 5.32 Å². The Morgan fingerprint density at radius 1 is 1.45 bits per heavy atom. The highest BCUT2D eigenvalue weighted by Gasteiger charge is 2.42. The molecule has 2 rings (SSSR count). The average molecular weight is 297 g/mol. The smallest absolute Gasteiger partial charge is 0.326 e. The van der Waals surface area contributed by atoms with E-state index in [1.807, 2.05) is 7.05 Å². The van der Waals surface area contributed by atoms with Crippen molar-refractivity contribution < 1.29 is 13.9 Å². The number of thioether (sulfide) groups is 1. The van der Waals surface area contributed by atoms with E-state index in [1.54, 1.807) is 23.9 Å². The van der Waals surface area contributed by atoms with E-state index in [4.69, 9.17) is 4.74 Å². The number of likely N-dealkylation sites (N-methyl/N-ethyl adjacent to an activating group) is 1. The number of halogens is 1. The molecular formula is C15H20FNO2S. The van der Waals surface area contributed by atoms with Crippen molar-refractivity contribution in [2.75, 3.05) is 14.2 Å². The van der Waals surface area contributed by atoms with Crippen LogP contribution in [0.15, 0.2) is 29.2 Å². The summed E-state index contributed by atoms with van der Waals surface area (Å²) in [5.74, 6) is -0.415. The number of esters is 1. The van der Waals surface area contributed by atoms with Crippen LogP contribution in [-0.2, 0) is 9.53 Å². The third kappa shape index (κ3) is 3.33. The maximum atomic E-state index is 12.9. The molecule has 0 aliphatic heterocycles. The van der Waals surface area contributed by atoms with E-state index in [-0.39, 0.29) is 11.8 Å². The van der Waals surface area contributed by atoms with Crippen LogP contribution in [0.1, 0.15) is 25.7 Å². The predicted molar refractivity (Wildman–Crippen MR) is 78.3 cm³/mol. The number of methoxy groups -OCH3 is 1. The molecule has 0 spiro atoms. The fourth-order valence-electron chi connectivity index (χ4n) is 2.74. The van der Waals surface area contributed by atoms with Gasteiger partial charge >= 0.3 is 5.97 Å². The molecule has 1 saturated carbocycles. The largest absolute Gasteiger partial charge is 0.468 e. The van der Waals surface area contributed by atoms with Crippen LogP contribution in [0, 0.1) is 5.82 Å². The van der Waals surface area contributed by atoms with Gasteiger partial charge in [-0.1, -0.05) is 0 Å². The molecule has 0 radical (unpaired) electrons. The first-order chi connectivity index (χ1) is 9.59. The number of hydrogen-bond acceptors (Lipinski definition) is 4. The third-order valence-corrected chi connectivity index (χ3v) is 5.16. The van der Waals surface area contributed by atoms with E-state index in [2.05, 4.69) is 5.32 Å². The van der Waals surface area contributed by atoms with Crippen LogP contribution in [0.25, 0.3) is 0 Å². The van der Waals surface area contributed by atoms with Crippen LogP contribution in [0.4, 0.5) is 4.39 Å². The standard InChI is InChI=1S/C15H20FNO2S/c1-17-15(14(18)19-2)9-3-4-13(10-15)20-12-7-5-11(16)6-8-12/h5-8,13,17H,3-4,9-10H2,1-2H3. The van der Waals surface area contributed by atoms with Crippen LogP contribution in [-0.4, -0.2) is 30.9 Å². The molecule has 0 bridgehead atoms. The summed E-state index contributed by atoms with van der Waals surface area (Å²) >= 11 is 1.70. The van der Waals surface area contributed by atoms with E-state index >= 15 is 0 Å². The van der Waals surface area contributed by atoms with E-state index in [0.29, 0.717) is 5.25 Å². The number of ether oxygens (including phenoxy) is 1. The summed E-state index contributed by atoms with van der Waals surface area (Å²) in [6.45, 7) is 0. The Hall–Kier alpha value is -1.07. The van der Waals surface area contributed by atoms with Crippen molar-refractivity contribution >= 4 is 17.7 Å². The number of carbonyl (C=O) groups excluding carboxylic acids is 1. The Morgan fingerprint density at radius 2 is 2.15 bits per heavy atom. The van der Waals surface area contributed by atoms with Gasteiger partial charge in [0.15, 0.2) is 0 Å². The first-order valence-electron chi connectivity index (χ1n) is 6.79. The van der Waals surface area contributed by atoms with Gasteiger partial charge in [0.05, 0.1) is 7.11 Å². The lowest BCUT2D eigenvalue weighted by atomic mass is 9.81. The zero-order chi connectivity index (χ0) is 14.6. The minimum Gasteiger partial charge on any atom is -0.468 e. The first kappa shape index (κ1) is 15.3. The maximum absolute atomic E-state index is 12.9. The predicted octanol–water partition coefficient (Wildman–Crippen LogP) is 2.99.